The van der Waals surface area contributed by atoms with E-state index < -0.39 is 0 Å². The number of ether oxygens (including phenoxy) is 1. The van der Waals surface area contributed by atoms with Crippen molar-refractivity contribution in [3.8, 4) is 5.75 Å². The van der Waals surface area contributed by atoms with Crippen LogP contribution in [0.1, 0.15) is 16.1 Å². The van der Waals surface area contributed by atoms with E-state index in [2.05, 4.69) is 4.98 Å². The lowest BCUT2D eigenvalue weighted by atomic mass is 10.1. The summed E-state index contributed by atoms with van der Waals surface area (Å²) in [7, 11) is 1.50. The fraction of sp³-hybridized carbons (Fsp3) is 0.0769. The molecular formula is C13H9Cl2NO2. The van der Waals surface area contributed by atoms with E-state index in [0.717, 1.165) is 0 Å². The van der Waals surface area contributed by atoms with Gasteiger partial charge in [0, 0.05) is 6.20 Å². The van der Waals surface area contributed by atoms with Gasteiger partial charge in [-0.3, -0.25) is 4.79 Å². The van der Waals surface area contributed by atoms with Gasteiger partial charge in [-0.1, -0.05) is 35.3 Å². The largest absolute Gasteiger partial charge is 0.496 e. The highest BCUT2D eigenvalue weighted by Crippen LogP contribution is 2.25. The molecule has 92 valence electrons. The van der Waals surface area contributed by atoms with Crippen LogP contribution in [0.15, 0.2) is 36.5 Å². The molecule has 0 amide bonds. The van der Waals surface area contributed by atoms with Gasteiger partial charge in [0.2, 0.25) is 5.78 Å². The molecule has 0 fully saturated rings. The summed E-state index contributed by atoms with van der Waals surface area (Å²) in [6.07, 6.45) is 1.39. The number of pyridine rings is 1. The number of rotatable bonds is 3. The molecule has 0 N–H and O–H groups in total. The van der Waals surface area contributed by atoms with Crippen molar-refractivity contribution in [2.75, 3.05) is 7.11 Å². The molecule has 0 spiro atoms. The van der Waals surface area contributed by atoms with Gasteiger partial charge in [-0.15, -0.1) is 0 Å². The normalized spacial score (nSPS) is 10.2. The maximum absolute atomic E-state index is 12.3. The van der Waals surface area contributed by atoms with Gasteiger partial charge >= 0.3 is 0 Å². The van der Waals surface area contributed by atoms with E-state index in [9.17, 15) is 4.79 Å². The summed E-state index contributed by atoms with van der Waals surface area (Å²) in [6, 6.07) is 8.38. The van der Waals surface area contributed by atoms with Crippen molar-refractivity contribution < 1.29 is 9.53 Å². The number of hydrogen-bond donors (Lipinski definition) is 0. The van der Waals surface area contributed by atoms with Crippen molar-refractivity contribution in [1.82, 2.24) is 4.98 Å². The van der Waals surface area contributed by atoms with Crippen LogP contribution in [0.2, 0.25) is 10.0 Å². The summed E-state index contributed by atoms with van der Waals surface area (Å²) in [4.78, 5) is 16.2. The van der Waals surface area contributed by atoms with Crippen LogP contribution in [-0.4, -0.2) is 17.9 Å². The number of nitrogens with zero attached hydrogens (tertiary/aromatic N) is 1. The van der Waals surface area contributed by atoms with Gasteiger partial charge in [-0.05, 0) is 18.2 Å². The van der Waals surface area contributed by atoms with Crippen molar-refractivity contribution in [1.29, 1.82) is 0 Å². The van der Waals surface area contributed by atoms with Crippen LogP contribution in [0.4, 0.5) is 0 Å². The third-order valence-electron chi connectivity index (χ3n) is 2.37. The first-order valence-electron chi connectivity index (χ1n) is 5.12. The second-order valence-corrected chi connectivity index (χ2v) is 4.36. The van der Waals surface area contributed by atoms with Crippen LogP contribution in [0.3, 0.4) is 0 Å². The third-order valence-corrected chi connectivity index (χ3v) is 2.87. The maximum atomic E-state index is 12.3. The topological polar surface area (TPSA) is 39.2 Å². The second-order valence-electron chi connectivity index (χ2n) is 3.51. The Morgan fingerprint density at radius 3 is 2.67 bits per heavy atom. The van der Waals surface area contributed by atoms with Gasteiger partial charge in [0.1, 0.15) is 11.4 Å². The fourth-order valence-corrected chi connectivity index (χ4v) is 2.01. The summed E-state index contributed by atoms with van der Waals surface area (Å²) in [6.45, 7) is 0. The monoisotopic (exact) mass is 281 g/mol. The minimum Gasteiger partial charge on any atom is -0.496 e. The van der Waals surface area contributed by atoms with Crippen LogP contribution < -0.4 is 4.74 Å². The molecule has 0 saturated carbocycles. The highest BCUT2D eigenvalue weighted by atomic mass is 35.5. The number of methoxy groups -OCH3 is 1. The Bertz CT molecular complexity index is 599. The van der Waals surface area contributed by atoms with Gasteiger partial charge in [0.15, 0.2) is 0 Å². The Balaban J connectivity index is 2.48. The first-order valence-corrected chi connectivity index (χ1v) is 5.88. The molecule has 0 saturated heterocycles. The van der Waals surface area contributed by atoms with Crippen LogP contribution in [-0.2, 0) is 0 Å². The smallest absolute Gasteiger partial charge is 0.216 e. The van der Waals surface area contributed by atoms with E-state index in [1.165, 1.54) is 19.4 Å². The standard InChI is InChI=1S/C13H9Cl2NO2/c1-18-11-5-3-2-4-9(11)13(17)12-10(15)6-8(14)7-16-12/h2-7H,1H3. The minimum absolute atomic E-state index is 0.158. The molecule has 1 aromatic carbocycles. The molecule has 0 radical (unpaired) electrons. The van der Waals surface area contributed by atoms with Crippen molar-refractivity contribution in [2.24, 2.45) is 0 Å². The van der Waals surface area contributed by atoms with Crippen LogP contribution in [0.5, 0.6) is 5.75 Å². The highest BCUT2D eigenvalue weighted by Gasteiger charge is 2.18. The molecule has 0 aliphatic heterocycles. The Morgan fingerprint density at radius 2 is 2.00 bits per heavy atom. The molecule has 2 rings (SSSR count). The van der Waals surface area contributed by atoms with Crippen LogP contribution >= 0.6 is 23.2 Å². The summed E-state index contributed by atoms with van der Waals surface area (Å²) in [5.74, 6) is 0.185. The van der Waals surface area contributed by atoms with Crippen LogP contribution in [0, 0.1) is 0 Å². The van der Waals surface area contributed by atoms with E-state index in [1.807, 2.05) is 0 Å². The summed E-state index contributed by atoms with van der Waals surface area (Å²) < 4.78 is 5.13. The number of halogens is 2. The van der Waals surface area contributed by atoms with E-state index >= 15 is 0 Å². The number of benzene rings is 1. The zero-order chi connectivity index (χ0) is 13.1. The quantitative estimate of drug-likeness (QED) is 0.807. The van der Waals surface area contributed by atoms with Crippen molar-refractivity contribution in [3.63, 3.8) is 0 Å². The number of hydrogen-bond acceptors (Lipinski definition) is 3. The van der Waals surface area contributed by atoms with Crippen molar-refractivity contribution in [3.05, 3.63) is 57.8 Å². The minimum atomic E-state index is -0.297. The van der Waals surface area contributed by atoms with Gasteiger partial charge in [-0.2, -0.15) is 0 Å². The first kappa shape index (κ1) is 12.9. The molecule has 18 heavy (non-hydrogen) atoms. The lowest BCUT2D eigenvalue weighted by Gasteiger charge is -2.07. The zero-order valence-corrected chi connectivity index (χ0v) is 11.0. The Morgan fingerprint density at radius 1 is 1.28 bits per heavy atom. The number of carbonyl (C=O) groups is 1. The highest BCUT2D eigenvalue weighted by molar-refractivity contribution is 6.37. The average Bonchev–Trinajstić information content (AvgIpc) is 2.38. The predicted molar refractivity (Wildman–Crippen MR) is 70.7 cm³/mol. The fourth-order valence-electron chi connectivity index (χ4n) is 1.54. The molecule has 5 heteroatoms. The summed E-state index contributed by atoms with van der Waals surface area (Å²) in [5, 5.41) is 0.606. The predicted octanol–water partition coefficient (Wildman–Crippen LogP) is 3.63. The molecule has 1 aromatic heterocycles. The molecular weight excluding hydrogens is 273 g/mol. The molecule has 0 aliphatic rings. The third kappa shape index (κ3) is 2.47. The number of para-hydroxylation sites is 1. The van der Waals surface area contributed by atoms with E-state index in [1.54, 1.807) is 24.3 Å². The Labute approximate surface area is 114 Å². The van der Waals surface area contributed by atoms with Gasteiger partial charge in [0.05, 0.1) is 22.7 Å². The second kappa shape index (κ2) is 5.38. The lowest BCUT2D eigenvalue weighted by molar-refractivity contribution is 0.103. The van der Waals surface area contributed by atoms with E-state index in [4.69, 9.17) is 27.9 Å². The molecule has 0 unspecified atom stereocenters. The molecule has 3 nitrogen and oxygen atoms in total. The van der Waals surface area contributed by atoms with Crippen molar-refractivity contribution >= 4 is 29.0 Å². The van der Waals surface area contributed by atoms with Crippen LogP contribution in [0.25, 0.3) is 0 Å². The SMILES string of the molecule is COc1ccccc1C(=O)c1ncc(Cl)cc1Cl. The first-order chi connectivity index (χ1) is 8.63. The molecule has 2 aromatic rings. The average molecular weight is 282 g/mol. The molecule has 1 heterocycles. The maximum Gasteiger partial charge on any atom is 0.216 e. The van der Waals surface area contributed by atoms with Gasteiger partial charge in [-0.25, -0.2) is 4.98 Å². The van der Waals surface area contributed by atoms with Gasteiger partial charge in [0.25, 0.3) is 0 Å². The zero-order valence-electron chi connectivity index (χ0n) is 9.48. The summed E-state index contributed by atoms with van der Waals surface area (Å²) in [5.41, 5.74) is 0.572. The number of ketones is 1. The summed E-state index contributed by atoms with van der Waals surface area (Å²) >= 11 is 11.7. The van der Waals surface area contributed by atoms with E-state index in [0.29, 0.717) is 16.3 Å². The van der Waals surface area contributed by atoms with Gasteiger partial charge < -0.3 is 4.74 Å². The number of carbonyl (C=O) groups excluding carboxylic acids is 1. The Hall–Kier alpha value is -1.58. The molecule has 0 aliphatic carbocycles. The number of aromatic nitrogens is 1. The lowest BCUT2D eigenvalue weighted by Crippen LogP contribution is -2.06. The molecule has 0 atom stereocenters. The Kier molecular flexibility index (Phi) is 3.84. The molecule has 0 bridgehead atoms. The van der Waals surface area contributed by atoms with E-state index in [-0.39, 0.29) is 16.5 Å². The van der Waals surface area contributed by atoms with Crippen molar-refractivity contribution in [2.45, 2.75) is 0 Å².